The summed E-state index contributed by atoms with van der Waals surface area (Å²) in [6, 6.07) is 8.26. The molecule has 1 saturated heterocycles. The fourth-order valence-corrected chi connectivity index (χ4v) is 4.31. The Morgan fingerprint density at radius 3 is 2.72 bits per heavy atom. The number of amides is 1. The van der Waals surface area contributed by atoms with Crippen molar-refractivity contribution in [2.45, 2.75) is 52.2 Å². The summed E-state index contributed by atoms with van der Waals surface area (Å²) in [5.74, 6) is 1.42. The van der Waals surface area contributed by atoms with Crippen LogP contribution in [0.25, 0.3) is 11.3 Å². The number of ether oxygens (including phenoxy) is 2. The number of nitrogens with two attached hydrogens (primary N) is 1. The molecule has 1 atom stereocenters. The topological polar surface area (TPSA) is 77.7 Å². The van der Waals surface area contributed by atoms with Crippen molar-refractivity contribution in [2.24, 2.45) is 5.92 Å². The molecule has 1 unspecified atom stereocenters. The molecule has 2 aliphatic rings. The first kappa shape index (κ1) is 19.6. The average Bonchev–Trinajstić information content (AvgIpc) is 3.11. The molecule has 2 aliphatic heterocycles. The Balaban J connectivity index is 1.40. The molecule has 154 valence electrons. The van der Waals surface area contributed by atoms with Crippen molar-refractivity contribution in [3.63, 3.8) is 0 Å². The van der Waals surface area contributed by atoms with E-state index in [1.165, 1.54) is 5.56 Å². The van der Waals surface area contributed by atoms with E-state index < -0.39 is 0 Å². The molecule has 0 bridgehead atoms. The first-order chi connectivity index (χ1) is 13.9. The van der Waals surface area contributed by atoms with Crippen LogP contribution in [0, 0.1) is 12.8 Å². The number of aryl methyl sites for hydroxylation is 1. The molecule has 2 aromatic rings. The van der Waals surface area contributed by atoms with Gasteiger partial charge in [-0.15, -0.1) is 0 Å². The first-order valence-corrected chi connectivity index (χ1v) is 10.4. The predicted octanol–water partition coefficient (Wildman–Crippen LogP) is 4.20. The van der Waals surface area contributed by atoms with Gasteiger partial charge >= 0.3 is 6.09 Å². The van der Waals surface area contributed by atoms with Gasteiger partial charge in [0.15, 0.2) is 0 Å². The Labute approximate surface area is 172 Å². The maximum absolute atomic E-state index is 12.1. The van der Waals surface area contributed by atoms with E-state index in [-0.39, 0.29) is 18.3 Å². The predicted molar refractivity (Wildman–Crippen MR) is 113 cm³/mol. The van der Waals surface area contributed by atoms with E-state index in [1.807, 2.05) is 31.7 Å². The van der Waals surface area contributed by atoms with Gasteiger partial charge in [-0.3, -0.25) is 4.98 Å². The molecule has 0 saturated carbocycles. The van der Waals surface area contributed by atoms with Gasteiger partial charge in [-0.1, -0.05) is 0 Å². The number of anilines is 1. The van der Waals surface area contributed by atoms with Gasteiger partial charge < -0.3 is 20.1 Å². The summed E-state index contributed by atoms with van der Waals surface area (Å²) in [4.78, 5) is 18.4. The lowest BCUT2D eigenvalue weighted by Gasteiger charge is -2.34. The van der Waals surface area contributed by atoms with Gasteiger partial charge in [0, 0.05) is 25.1 Å². The zero-order valence-electron chi connectivity index (χ0n) is 17.4. The van der Waals surface area contributed by atoms with Crippen LogP contribution in [0.4, 0.5) is 10.5 Å². The van der Waals surface area contributed by atoms with Crippen molar-refractivity contribution in [2.75, 3.05) is 18.8 Å². The van der Waals surface area contributed by atoms with Crippen LogP contribution >= 0.6 is 0 Å². The largest absolute Gasteiger partial charge is 0.490 e. The van der Waals surface area contributed by atoms with E-state index >= 15 is 0 Å². The minimum Gasteiger partial charge on any atom is -0.490 e. The quantitative estimate of drug-likeness (QED) is 0.843. The van der Waals surface area contributed by atoms with Crippen LogP contribution in [0.2, 0.25) is 0 Å². The fourth-order valence-electron chi connectivity index (χ4n) is 4.31. The molecule has 6 nitrogen and oxygen atoms in total. The number of hydrogen-bond acceptors (Lipinski definition) is 5. The Hall–Kier alpha value is -2.76. The Morgan fingerprint density at radius 2 is 2.03 bits per heavy atom. The summed E-state index contributed by atoms with van der Waals surface area (Å²) in [5, 5.41) is 0. The number of carbonyl (C=O) groups excluding carboxylic acids is 1. The number of aromatic nitrogens is 1. The van der Waals surface area contributed by atoms with Gasteiger partial charge in [-0.2, -0.15) is 0 Å². The number of hydrogen-bond donors (Lipinski definition) is 1. The van der Waals surface area contributed by atoms with Gasteiger partial charge in [0.25, 0.3) is 0 Å². The number of pyridine rings is 1. The Morgan fingerprint density at radius 1 is 1.28 bits per heavy atom. The molecular weight excluding hydrogens is 366 g/mol. The first-order valence-electron chi connectivity index (χ1n) is 10.4. The molecule has 1 amide bonds. The second-order valence-corrected chi connectivity index (χ2v) is 8.37. The zero-order valence-corrected chi connectivity index (χ0v) is 17.4. The van der Waals surface area contributed by atoms with Gasteiger partial charge in [-0.25, -0.2) is 4.79 Å². The van der Waals surface area contributed by atoms with E-state index in [1.54, 1.807) is 6.20 Å². The van der Waals surface area contributed by atoms with Crippen LogP contribution in [0.5, 0.6) is 5.75 Å². The van der Waals surface area contributed by atoms with E-state index in [0.717, 1.165) is 54.9 Å². The van der Waals surface area contributed by atoms with Crippen LogP contribution in [-0.4, -0.2) is 41.3 Å². The van der Waals surface area contributed by atoms with Crippen LogP contribution in [0.15, 0.2) is 30.5 Å². The van der Waals surface area contributed by atoms with Crippen molar-refractivity contribution in [1.29, 1.82) is 0 Å². The van der Waals surface area contributed by atoms with Crippen LogP contribution in [0.1, 0.15) is 37.8 Å². The minimum atomic E-state index is -0.204. The van der Waals surface area contributed by atoms with Crippen molar-refractivity contribution in [3.05, 3.63) is 41.6 Å². The van der Waals surface area contributed by atoms with Crippen molar-refractivity contribution < 1.29 is 14.3 Å². The number of likely N-dealkylation sites (tertiary alicyclic amines) is 1. The highest BCUT2D eigenvalue weighted by Gasteiger charge is 2.34. The lowest BCUT2D eigenvalue weighted by atomic mass is 9.89. The third kappa shape index (κ3) is 4.16. The summed E-state index contributed by atoms with van der Waals surface area (Å²) in [6.45, 7) is 7.25. The number of nitrogen functional groups attached to an aromatic ring is 1. The Kier molecular flexibility index (Phi) is 5.35. The molecule has 29 heavy (non-hydrogen) atoms. The molecule has 2 N–H and O–H groups in total. The lowest BCUT2D eigenvalue weighted by molar-refractivity contribution is 0.0503. The van der Waals surface area contributed by atoms with E-state index in [2.05, 4.69) is 23.2 Å². The number of nitrogens with zero attached hydrogens (tertiary/aromatic N) is 2. The highest BCUT2D eigenvalue weighted by Crippen LogP contribution is 2.37. The van der Waals surface area contributed by atoms with E-state index in [4.69, 9.17) is 15.2 Å². The summed E-state index contributed by atoms with van der Waals surface area (Å²) >= 11 is 0. The van der Waals surface area contributed by atoms with Crippen molar-refractivity contribution in [3.8, 4) is 17.0 Å². The standard InChI is InChI=1S/C23H29N3O3/c1-14(2)28-23(27)26-8-6-16(7-9-26)21-12-18-11-17(4-5-20(18)29-21)22-15(3)10-19(24)13-25-22/h4-5,10-11,13-14,16,21H,6-9,12,24H2,1-3H3. The maximum atomic E-state index is 12.1. The number of rotatable bonds is 3. The van der Waals surface area contributed by atoms with Crippen LogP contribution < -0.4 is 10.5 Å². The highest BCUT2D eigenvalue weighted by molar-refractivity contribution is 5.68. The van der Waals surface area contributed by atoms with Crippen molar-refractivity contribution >= 4 is 11.8 Å². The number of piperidine rings is 1. The summed E-state index contributed by atoms with van der Waals surface area (Å²) < 4.78 is 11.6. The number of fused-ring (bicyclic) bond motifs is 1. The molecule has 3 heterocycles. The molecule has 1 aromatic heterocycles. The van der Waals surface area contributed by atoms with Crippen LogP contribution in [0.3, 0.4) is 0 Å². The molecule has 4 rings (SSSR count). The van der Waals surface area contributed by atoms with Gasteiger partial charge in [-0.05, 0) is 74.9 Å². The molecular formula is C23H29N3O3. The van der Waals surface area contributed by atoms with Gasteiger partial charge in [0.1, 0.15) is 11.9 Å². The smallest absolute Gasteiger partial charge is 0.410 e. The van der Waals surface area contributed by atoms with E-state index in [9.17, 15) is 4.79 Å². The third-order valence-corrected chi connectivity index (χ3v) is 5.79. The molecule has 0 aliphatic carbocycles. The lowest BCUT2D eigenvalue weighted by Crippen LogP contribution is -2.43. The maximum Gasteiger partial charge on any atom is 0.410 e. The molecule has 1 fully saturated rings. The second kappa shape index (κ2) is 7.93. The highest BCUT2D eigenvalue weighted by atomic mass is 16.6. The zero-order chi connectivity index (χ0) is 20.5. The van der Waals surface area contributed by atoms with Crippen LogP contribution in [-0.2, 0) is 11.2 Å². The summed E-state index contributed by atoms with van der Waals surface area (Å²) in [6.07, 6.45) is 4.37. The molecule has 6 heteroatoms. The molecule has 1 aromatic carbocycles. The number of carbonyl (C=O) groups is 1. The Bertz CT molecular complexity index is 904. The average molecular weight is 396 g/mol. The van der Waals surface area contributed by atoms with E-state index in [0.29, 0.717) is 11.6 Å². The molecule has 0 spiro atoms. The SMILES string of the molecule is Cc1cc(N)cnc1-c1ccc2c(c1)CC(C1CCN(C(=O)OC(C)C)CC1)O2. The normalized spacial score (nSPS) is 19.2. The number of benzene rings is 1. The fraction of sp³-hybridized carbons (Fsp3) is 0.478. The summed E-state index contributed by atoms with van der Waals surface area (Å²) in [7, 11) is 0. The minimum absolute atomic E-state index is 0.0822. The van der Waals surface area contributed by atoms with Gasteiger partial charge in [0.05, 0.1) is 23.7 Å². The summed E-state index contributed by atoms with van der Waals surface area (Å²) in [5.41, 5.74) is 10.9. The van der Waals surface area contributed by atoms with Crippen molar-refractivity contribution in [1.82, 2.24) is 9.88 Å². The van der Waals surface area contributed by atoms with Gasteiger partial charge in [0.2, 0.25) is 0 Å². The monoisotopic (exact) mass is 395 g/mol. The molecule has 0 radical (unpaired) electrons. The third-order valence-electron chi connectivity index (χ3n) is 5.79. The second-order valence-electron chi connectivity index (χ2n) is 8.37.